The molecule has 0 unspecified atom stereocenters. The summed E-state index contributed by atoms with van der Waals surface area (Å²) in [5.74, 6) is 8.03. The second kappa shape index (κ2) is 17.1. The number of benzene rings is 4. The molecule has 11 heteroatoms. The van der Waals surface area contributed by atoms with Crippen LogP contribution in [-0.2, 0) is 0 Å². The highest BCUT2D eigenvalue weighted by atomic mass is 35.5. The lowest BCUT2D eigenvalue weighted by Gasteiger charge is -2.07. The van der Waals surface area contributed by atoms with Gasteiger partial charge in [0.15, 0.2) is 0 Å². The van der Waals surface area contributed by atoms with Crippen LogP contribution in [0.3, 0.4) is 0 Å². The molecule has 5 N–H and O–H groups in total. The van der Waals surface area contributed by atoms with E-state index in [1.807, 2.05) is 42.5 Å². The summed E-state index contributed by atoms with van der Waals surface area (Å²) < 4.78 is 0. The van der Waals surface area contributed by atoms with E-state index >= 15 is 0 Å². The summed E-state index contributed by atoms with van der Waals surface area (Å²) in [5.41, 5.74) is 15.3. The predicted molar refractivity (Wildman–Crippen MR) is 200 cm³/mol. The van der Waals surface area contributed by atoms with Crippen LogP contribution in [0.2, 0.25) is 20.1 Å². The number of hydrazine groups is 1. The van der Waals surface area contributed by atoms with Crippen LogP contribution in [0, 0.1) is 10.1 Å². The monoisotopic (exact) mass is 734 g/mol. The maximum Gasteiger partial charge on any atom is 0.274 e. The van der Waals surface area contributed by atoms with Gasteiger partial charge in [-0.1, -0.05) is 76.7 Å². The zero-order chi connectivity index (χ0) is 32.8. The zero-order valence-electron chi connectivity index (χ0n) is 25.8. The van der Waals surface area contributed by atoms with Crippen LogP contribution in [0.4, 0.5) is 17.1 Å². The molecule has 0 spiro atoms. The number of hydrogen-bond donors (Lipinski definition) is 3. The van der Waals surface area contributed by atoms with Crippen molar-refractivity contribution in [1.29, 1.82) is 0 Å². The lowest BCUT2D eigenvalue weighted by Crippen LogP contribution is -2.08. The molecule has 0 atom stereocenters. The highest BCUT2D eigenvalue weighted by Gasteiger charge is 2.30. The third kappa shape index (κ3) is 11.4. The predicted octanol–water partition coefficient (Wildman–Crippen LogP) is 12.1. The number of anilines is 2. The van der Waals surface area contributed by atoms with E-state index in [2.05, 4.69) is 23.6 Å². The number of rotatable bonds is 6. The molecule has 47 heavy (non-hydrogen) atoms. The average molecular weight is 737 g/mol. The molecular weight excluding hydrogens is 698 g/mol. The number of nitrogens with two attached hydrogens (primary N) is 2. The summed E-state index contributed by atoms with van der Waals surface area (Å²) in [7, 11) is 0. The Balaban J connectivity index is 0.000000141. The van der Waals surface area contributed by atoms with Crippen molar-refractivity contribution in [3.8, 4) is 0 Å². The van der Waals surface area contributed by atoms with Gasteiger partial charge in [-0.2, -0.15) is 0 Å². The largest absolute Gasteiger partial charge is 0.398 e. The molecule has 4 aromatic rings. The van der Waals surface area contributed by atoms with E-state index in [-0.39, 0.29) is 23.0 Å². The van der Waals surface area contributed by atoms with Crippen molar-refractivity contribution in [1.82, 2.24) is 0 Å². The SMILES string of the molecule is Cl.Clc1ccc(C2CC2)cc1.NNc1cc(Cl)ccc1C1CC1.Nc1cc(Cl)ccc1C1CC1.O=[N+]([O-])c1cc(Cl)ccc1C1CC1. The quantitative estimate of drug-likeness (QED) is 0.0790. The van der Waals surface area contributed by atoms with E-state index in [0.29, 0.717) is 22.8 Å². The summed E-state index contributed by atoms with van der Waals surface area (Å²) in [5, 5.41) is 13.4. The molecule has 0 aromatic heterocycles. The van der Waals surface area contributed by atoms with Crippen molar-refractivity contribution in [3.63, 3.8) is 0 Å². The van der Waals surface area contributed by atoms with E-state index in [9.17, 15) is 10.1 Å². The fourth-order valence-electron chi connectivity index (χ4n) is 5.28. The van der Waals surface area contributed by atoms with E-state index in [0.717, 1.165) is 50.8 Å². The Morgan fingerprint density at radius 3 is 1.51 bits per heavy atom. The van der Waals surface area contributed by atoms with E-state index in [4.69, 9.17) is 58.0 Å². The minimum atomic E-state index is -0.362. The molecule has 4 aromatic carbocycles. The molecule has 250 valence electrons. The highest BCUT2D eigenvalue weighted by molar-refractivity contribution is 6.31. The summed E-state index contributed by atoms with van der Waals surface area (Å²) in [6.45, 7) is 0. The van der Waals surface area contributed by atoms with Gasteiger partial charge in [0.1, 0.15) is 0 Å². The molecule has 6 nitrogen and oxygen atoms in total. The first-order valence-electron chi connectivity index (χ1n) is 15.6. The fraction of sp³-hybridized carbons (Fsp3) is 0.333. The molecule has 4 aliphatic rings. The van der Waals surface area contributed by atoms with Gasteiger partial charge in [-0.05, 0) is 134 Å². The Kier molecular flexibility index (Phi) is 13.5. The van der Waals surface area contributed by atoms with Crippen molar-refractivity contribution in [3.05, 3.63) is 131 Å². The molecule has 8 rings (SSSR count). The molecule has 4 aliphatic carbocycles. The van der Waals surface area contributed by atoms with Crippen LogP contribution < -0.4 is 17.0 Å². The fourth-order valence-corrected chi connectivity index (χ4v) is 5.93. The number of nitro benzene ring substituents is 1. The average Bonchev–Trinajstić information content (AvgIpc) is 3.83. The van der Waals surface area contributed by atoms with Gasteiger partial charge in [-0.25, -0.2) is 0 Å². The minimum Gasteiger partial charge on any atom is -0.398 e. The molecule has 0 bridgehead atoms. The number of nitrogens with one attached hydrogen (secondary N) is 1. The van der Waals surface area contributed by atoms with Gasteiger partial charge in [0, 0.05) is 37.4 Å². The summed E-state index contributed by atoms with van der Waals surface area (Å²) in [6, 6.07) is 24.7. The Hall–Kier alpha value is -2.71. The van der Waals surface area contributed by atoms with Crippen LogP contribution in [0.1, 0.15) is 97.3 Å². The van der Waals surface area contributed by atoms with Crippen LogP contribution in [0.15, 0.2) is 78.9 Å². The number of nitrogens with zero attached hydrogens (tertiary/aromatic N) is 1. The molecule has 4 saturated carbocycles. The van der Waals surface area contributed by atoms with Crippen LogP contribution in [0.5, 0.6) is 0 Å². The van der Waals surface area contributed by atoms with Crippen LogP contribution in [0.25, 0.3) is 0 Å². The smallest absolute Gasteiger partial charge is 0.274 e. The minimum absolute atomic E-state index is 0. The zero-order valence-corrected chi connectivity index (χ0v) is 29.7. The third-order valence-corrected chi connectivity index (χ3v) is 9.34. The first-order valence-corrected chi connectivity index (χ1v) is 17.1. The van der Waals surface area contributed by atoms with Crippen molar-refractivity contribution in [2.45, 2.75) is 75.0 Å². The maximum absolute atomic E-state index is 10.7. The van der Waals surface area contributed by atoms with Crippen molar-refractivity contribution >= 4 is 75.9 Å². The Bertz CT molecular complexity index is 1650. The molecular formula is C36H39Cl5N4O2. The number of nitrogen functional groups attached to an aromatic ring is 2. The molecule has 0 radical (unpaired) electrons. The Labute approximate surface area is 302 Å². The molecule has 0 amide bonds. The topological polar surface area (TPSA) is 107 Å². The Morgan fingerprint density at radius 1 is 0.596 bits per heavy atom. The van der Waals surface area contributed by atoms with Crippen molar-refractivity contribution < 1.29 is 4.92 Å². The number of nitro groups is 1. The van der Waals surface area contributed by atoms with Crippen molar-refractivity contribution in [2.75, 3.05) is 11.2 Å². The second-order valence-corrected chi connectivity index (χ2v) is 14.0. The van der Waals surface area contributed by atoms with Crippen LogP contribution in [-0.4, -0.2) is 4.92 Å². The molecule has 0 aliphatic heterocycles. The molecule has 0 saturated heterocycles. The summed E-state index contributed by atoms with van der Waals surface area (Å²) >= 11 is 23.0. The van der Waals surface area contributed by atoms with Gasteiger partial charge in [-0.15, -0.1) is 12.4 Å². The number of halogens is 5. The summed E-state index contributed by atoms with van der Waals surface area (Å²) in [6.07, 6.45) is 9.96. The second-order valence-electron chi connectivity index (χ2n) is 12.3. The first-order chi connectivity index (χ1) is 22.1. The Morgan fingerprint density at radius 2 is 1.02 bits per heavy atom. The summed E-state index contributed by atoms with van der Waals surface area (Å²) in [4.78, 5) is 10.3. The van der Waals surface area contributed by atoms with Gasteiger partial charge in [-0.3, -0.25) is 16.0 Å². The van der Waals surface area contributed by atoms with Gasteiger partial charge >= 0.3 is 0 Å². The third-order valence-electron chi connectivity index (χ3n) is 8.38. The number of hydrogen-bond acceptors (Lipinski definition) is 5. The van der Waals surface area contributed by atoms with Gasteiger partial charge in [0.2, 0.25) is 0 Å². The molecule has 4 fully saturated rings. The van der Waals surface area contributed by atoms with Gasteiger partial charge < -0.3 is 11.2 Å². The first kappa shape index (κ1) is 37.1. The van der Waals surface area contributed by atoms with Crippen molar-refractivity contribution in [2.24, 2.45) is 5.84 Å². The normalized spacial score (nSPS) is 16.1. The van der Waals surface area contributed by atoms with Gasteiger partial charge in [0.25, 0.3) is 5.69 Å². The highest BCUT2D eigenvalue weighted by Crippen LogP contribution is 2.45. The van der Waals surface area contributed by atoms with E-state index in [1.54, 1.807) is 12.1 Å². The lowest BCUT2D eigenvalue weighted by molar-refractivity contribution is -0.385. The van der Waals surface area contributed by atoms with Crippen LogP contribution >= 0.6 is 58.8 Å². The molecule has 0 heterocycles. The standard InChI is InChI=1S/C9H11ClN2.C9H8ClNO2.C9H10ClN.C9H9Cl.ClH/c10-7-3-4-8(6-1-2-6)9(5-7)12-11;10-7-3-4-8(6-1-2-6)9(5-7)11(12)13;10-7-3-4-8(6-1-2-6)9(11)5-7;10-9-5-3-8(4-6-9)7-1-2-7;/h3-6,12H,1-2,11H2;3-6H,1-2H2;3-6H,1-2,11H2;3-7H,1-2H2;1H. The lowest BCUT2D eigenvalue weighted by atomic mass is 10.1. The van der Waals surface area contributed by atoms with E-state index < -0.39 is 0 Å². The van der Waals surface area contributed by atoms with E-state index in [1.165, 1.54) is 61.3 Å². The van der Waals surface area contributed by atoms with Gasteiger partial charge in [0.05, 0.1) is 10.6 Å². The maximum atomic E-state index is 10.7.